The molecule has 2 aromatic rings. The van der Waals surface area contributed by atoms with Crippen LogP contribution >= 0.6 is 0 Å². The molecule has 0 aliphatic rings. The van der Waals surface area contributed by atoms with Gasteiger partial charge in [0.25, 0.3) is 0 Å². The van der Waals surface area contributed by atoms with Crippen LogP contribution in [0.4, 0.5) is 0 Å². The van der Waals surface area contributed by atoms with Crippen LogP contribution < -0.4 is 0 Å². The molecule has 0 unspecified atom stereocenters. The third kappa shape index (κ3) is 4.10. The highest BCUT2D eigenvalue weighted by atomic mass is 16.3. The van der Waals surface area contributed by atoms with E-state index in [-0.39, 0.29) is 32.2 Å². The third-order valence-electron chi connectivity index (χ3n) is 3.79. The van der Waals surface area contributed by atoms with Gasteiger partial charge in [-0.15, -0.1) is 0 Å². The Kier molecular flexibility index (Phi) is 6.28. The summed E-state index contributed by atoms with van der Waals surface area (Å²) < 4.78 is 1.85. The summed E-state index contributed by atoms with van der Waals surface area (Å²) in [6.07, 6.45) is 3.19. The van der Waals surface area contributed by atoms with Gasteiger partial charge in [-0.05, 0) is 32.1 Å². The maximum absolute atomic E-state index is 12.2. The second kappa shape index (κ2) is 8.42. The molecule has 0 saturated carbocycles. The number of aryl methyl sites for hydroxylation is 1. The largest absolute Gasteiger partial charge is 0.395 e. The molecule has 0 spiro atoms. The summed E-state index contributed by atoms with van der Waals surface area (Å²) in [7, 11) is 0. The molecule has 0 saturated heterocycles. The van der Waals surface area contributed by atoms with Gasteiger partial charge in [-0.3, -0.25) is 4.79 Å². The van der Waals surface area contributed by atoms with E-state index in [0.29, 0.717) is 0 Å². The first-order chi connectivity index (χ1) is 11.6. The first-order valence-corrected chi connectivity index (χ1v) is 7.88. The number of hydrogen-bond acceptors (Lipinski definition) is 4. The van der Waals surface area contributed by atoms with Gasteiger partial charge in [0, 0.05) is 30.4 Å². The van der Waals surface area contributed by atoms with Crippen molar-refractivity contribution in [3.63, 3.8) is 0 Å². The smallest absolute Gasteiger partial charge is 0.246 e. The van der Waals surface area contributed by atoms with Gasteiger partial charge in [0.05, 0.1) is 24.6 Å². The highest BCUT2D eigenvalue weighted by Crippen LogP contribution is 2.19. The number of para-hydroxylation sites is 1. The van der Waals surface area contributed by atoms with E-state index in [1.807, 2.05) is 48.9 Å². The Morgan fingerprint density at radius 2 is 1.79 bits per heavy atom. The molecule has 128 valence electrons. The Labute approximate surface area is 141 Å². The molecule has 0 fully saturated rings. The number of aliphatic hydroxyl groups is 2. The summed E-state index contributed by atoms with van der Waals surface area (Å²) >= 11 is 0. The monoisotopic (exact) mass is 329 g/mol. The van der Waals surface area contributed by atoms with Crippen LogP contribution in [0.15, 0.2) is 36.4 Å². The summed E-state index contributed by atoms with van der Waals surface area (Å²) in [6, 6.07) is 9.80. The zero-order chi connectivity index (χ0) is 17.5. The Morgan fingerprint density at radius 3 is 2.38 bits per heavy atom. The van der Waals surface area contributed by atoms with Crippen molar-refractivity contribution < 1.29 is 15.0 Å². The molecule has 1 amide bonds. The molecule has 1 heterocycles. The zero-order valence-corrected chi connectivity index (χ0v) is 14.0. The normalized spacial score (nSPS) is 11.2. The first-order valence-electron chi connectivity index (χ1n) is 7.88. The fourth-order valence-electron chi connectivity index (χ4n) is 2.55. The lowest BCUT2D eigenvalue weighted by atomic mass is 10.1. The standard InChI is InChI=1S/C18H23N3O3/c1-14-17(8-9-18(24)20(10-12-22)11-13-23)15(2)21(19-14)16-6-4-3-5-7-16/h3-9,22-23H,10-13H2,1-2H3/b9-8+. The minimum absolute atomic E-state index is 0.135. The van der Waals surface area contributed by atoms with Gasteiger partial charge in [-0.25, -0.2) is 4.68 Å². The lowest BCUT2D eigenvalue weighted by Gasteiger charge is -2.18. The van der Waals surface area contributed by atoms with E-state index in [4.69, 9.17) is 10.2 Å². The Morgan fingerprint density at radius 1 is 1.17 bits per heavy atom. The Balaban J connectivity index is 2.24. The molecule has 0 atom stereocenters. The summed E-state index contributed by atoms with van der Waals surface area (Å²) in [5, 5.41) is 22.5. The lowest BCUT2D eigenvalue weighted by molar-refractivity contribution is -0.126. The number of rotatable bonds is 7. The third-order valence-corrected chi connectivity index (χ3v) is 3.79. The van der Waals surface area contributed by atoms with Crippen molar-refractivity contribution in [1.82, 2.24) is 14.7 Å². The second-order valence-corrected chi connectivity index (χ2v) is 5.44. The maximum atomic E-state index is 12.2. The molecule has 2 rings (SSSR count). The van der Waals surface area contributed by atoms with Crippen molar-refractivity contribution in [1.29, 1.82) is 0 Å². The lowest BCUT2D eigenvalue weighted by Crippen LogP contribution is -2.34. The Hall–Kier alpha value is -2.44. The maximum Gasteiger partial charge on any atom is 0.246 e. The van der Waals surface area contributed by atoms with E-state index in [2.05, 4.69) is 5.10 Å². The van der Waals surface area contributed by atoms with Gasteiger partial charge in [-0.2, -0.15) is 5.10 Å². The van der Waals surface area contributed by atoms with Gasteiger partial charge in [-0.1, -0.05) is 18.2 Å². The number of nitrogens with zero attached hydrogens (tertiary/aromatic N) is 3. The van der Waals surface area contributed by atoms with Crippen molar-refractivity contribution in [3.8, 4) is 5.69 Å². The average Bonchev–Trinajstić information content (AvgIpc) is 2.87. The molecule has 6 nitrogen and oxygen atoms in total. The van der Waals surface area contributed by atoms with E-state index in [0.717, 1.165) is 22.6 Å². The van der Waals surface area contributed by atoms with Crippen LogP contribution in [0.25, 0.3) is 11.8 Å². The van der Waals surface area contributed by atoms with Crippen molar-refractivity contribution in [2.45, 2.75) is 13.8 Å². The van der Waals surface area contributed by atoms with Gasteiger partial charge < -0.3 is 15.1 Å². The number of benzene rings is 1. The van der Waals surface area contributed by atoms with Gasteiger partial charge in [0.15, 0.2) is 0 Å². The van der Waals surface area contributed by atoms with Crippen LogP contribution in [-0.4, -0.2) is 57.1 Å². The first kappa shape index (κ1) is 17.9. The van der Waals surface area contributed by atoms with Crippen molar-refractivity contribution >= 4 is 12.0 Å². The Bertz CT molecular complexity index is 702. The average molecular weight is 329 g/mol. The van der Waals surface area contributed by atoms with Crippen LogP contribution in [0.2, 0.25) is 0 Å². The molecule has 1 aromatic heterocycles. The molecule has 0 aliphatic carbocycles. The van der Waals surface area contributed by atoms with Crippen molar-refractivity contribution in [3.05, 3.63) is 53.4 Å². The fourth-order valence-corrected chi connectivity index (χ4v) is 2.55. The van der Waals surface area contributed by atoms with Gasteiger partial charge in [0.2, 0.25) is 5.91 Å². The summed E-state index contributed by atoms with van der Waals surface area (Å²) in [5.41, 5.74) is 3.63. The number of carbonyl (C=O) groups excluding carboxylic acids is 1. The number of carbonyl (C=O) groups is 1. The molecular formula is C18H23N3O3. The van der Waals surface area contributed by atoms with E-state index in [1.54, 1.807) is 6.08 Å². The summed E-state index contributed by atoms with van der Waals surface area (Å²) in [4.78, 5) is 13.6. The summed E-state index contributed by atoms with van der Waals surface area (Å²) in [6.45, 7) is 3.98. The molecule has 0 radical (unpaired) electrons. The molecule has 0 aliphatic heterocycles. The number of amides is 1. The summed E-state index contributed by atoms with van der Waals surface area (Å²) in [5.74, 6) is -0.246. The minimum Gasteiger partial charge on any atom is -0.395 e. The molecule has 2 N–H and O–H groups in total. The SMILES string of the molecule is Cc1nn(-c2ccccc2)c(C)c1/C=C/C(=O)N(CCO)CCO. The predicted molar refractivity (Wildman–Crippen MR) is 92.8 cm³/mol. The topological polar surface area (TPSA) is 78.6 Å². The van der Waals surface area contributed by atoms with Crippen LogP contribution in [0.3, 0.4) is 0 Å². The molecule has 24 heavy (non-hydrogen) atoms. The number of aliphatic hydroxyl groups excluding tert-OH is 2. The molecule has 0 bridgehead atoms. The van der Waals surface area contributed by atoms with E-state index in [1.165, 1.54) is 11.0 Å². The van der Waals surface area contributed by atoms with Crippen LogP contribution in [0.5, 0.6) is 0 Å². The number of aromatic nitrogens is 2. The van der Waals surface area contributed by atoms with Gasteiger partial charge in [0.1, 0.15) is 0 Å². The number of hydrogen-bond donors (Lipinski definition) is 2. The van der Waals surface area contributed by atoms with Crippen LogP contribution in [-0.2, 0) is 4.79 Å². The van der Waals surface area contributed by atoms with Crippen LogP contribution in [0.1, 0.15) is 17.0 Å². The van der Waals surface area contributed by atoms with E-state index >= 15 is 0 Å². The predicted octanol–water partition coefficient (Wildman–Crippen LogP) is 1.32. The van der Waals surface area contributed by atoms with E-state index < -0.39 is 0 Å². The highest BCUT2D eigenvalue weighted by molar-refractivity contribution is 5.92. The van der Waals surface area contributed by atoms with Gasteiger partial charge >= 0.3 is 0 Å². The zero-order valence-electron chi connectivity index (χ0n) is 14.0. The molecular weight excluding hydrogens is 306 g/mol. The highest BCUT2D eigenvalue weighted by Gasteiger charge is 2.13. The quantitative estimate of drug-likeness (QED) is 0.751. The second-order valence-electron chi connectivity index (χ2n) is 5.44. The van der Waals surface area contributed by atoms with E-state index in [9.17, 15) is 4.79 Å². The molecule has 1 aromatic carbocycles. The molecule has 6 heteroatoms. The van der Waals surface area contributed by atoms with Crippen molar-refractivity contribution in [2.75, 3.05) is 26.3 Å². The van der Waals surface area contributed by atoms with Crippen LogP contribution in [0, 0.1) is 13.8 Å². The fraction of sp³-hybridized carbons (Fsp3) is 0.333. The van der Waals surface area contributed by atoms with Crippen molar-refractivity contribution in [2.24, 2.45) is 0 Å². The minimum atomic E-state index is -0.246.